The first-order chi connectivity index (χ1) is 11.6. The summed E-state index contributed by atoms with van der Waals surface area (Å²) in [5.74, 6) is 0.883. The van der Waals surface area contributed by atoms with Crippen molar-refractivity contribution in [1.82, 2.24) is 5.32 Å². The van der Waals surface area contributed by atoms with Crippen molar-refractivity contribution in [3.63, 3.8) is 0 Å². The Balaban J connectivity index is 1.84. The average Bonchev–Trinajstić information content (AvgIpc) is 2.59. The highest BCUT2D eigenvalue weighted by Crippen LogP contribution is 2.19. The van der Waals surface area contributed by atoms with Gasteiger partial charge in [-0.15, -0.1) is 0 Å². The Morgan fingerprint density at radius 1 is 1.25 bits per heavy atom. The second-order valence-corrected chi connectivity index (χ2v) is 5.96. The second kappa shape index (κ2) is 9.11. The Bertz CT molecular complexity index is 723. The number of rotatable bonds is 9. The van der Waals surface area contributed by atoms with E-state index in [2.05, 4.69) is 19.2 Å². The number of nitrogens with one attached hydrogen (secondary N) is 1. The van der Waals surface area contributed by atoms with Gasteiger partial charge in [0.2, 0.25) is 0 Å². The molecule has 0 radical (unpaired) electrons. The van der Waals surface area contributed by atoms with Crippen molar-refractivity contribution >= 4 is 16.9 Å². The zero-order valence-corrected chi connectivity index (χ0v) is 14.3. The van der Waals surface area contributed by atoms with Crippen molar-refractivity contribution in [2.24, 2.45) is 5.92 Å². The van der Waals surface area contributed by atoms with Crippen molar-refractivity contribution in [2.75, 3.05) is 13.2 Å². The summed E-state index contributed by atoms with van der Waals surface area (Å²) >= 11 is 0. The van der Waals surface area contributed by atoms with E-state index in [1.54, 1.807) is 24.3 Å². The molecule has 0 fully saturated rings. The lowest BCUT2D eigenvalue weighted by atomic mass is 9.99. The van der Waals surface area contributed by atoms with Crippen LogP contribution in [0.15, 0.2) is 39.5 Å². The van der Waals surface area contributed by atoms with Gasteiger partial charge in [0.1, 0.15) is 11.3 Å². The van der Waals surface area contributed by atoms with Gasteiger partial charge < -0.3 is 14.5 Å². The Hall–Kier alpha value is -2.30. The van der Waals surface area contributed by atoms with Crippen LogP contribution in [-0.4, -0.2) is 19.1 Å². The lowest BCUT2D eigenvalue weighted by Crippen LogP contribution is -2.33. The molecular weight excluding hydrogens is 306 g/mol. The molecule has 0 bridgehead atoms. The van der Waals surface area contributed by atoms with E-state index in [4.69, 9.17) is 9.15 Å². The van der Waals surface area contributed by atoms with E-state index in [1.807, 2.05) is 0 Å². The van der Waals surface area contributed by atoms with Crippen LogP contribution in [0.3, 0.4) is 0 Å². The Morgan fingerprint density at radius 3 is 2.79 bits per heavy atom. The lowest BCUT2D eigenvalue weighted by Gasteiger charge is -2.15. The minimum absolute atomic E-state index is 0.0488. The summed E-state index contributed by atoms with van der Waals surface area (Å²) in [6.07, 6.45) is 4.56. The molecule has 5 heteroatoms. The number of amides is 1. The van der Waals surface area contributed by atoms with Gasteiger partial charge in [0.05, 0.1) is 0 Å². The first-order valence-corrected chi connectivity index (χ1v) is 8.55. The van der Waals surface area contributed by atoms with Crippen LogP contribution >= 0.6 is 0 Å². The fraction of sp³-hybridized carbons (Fsp3) is 0.474. The highest BCUT2D eigenvalue weighted by molar-refractivity contribution is 5.79. The lowest BCUT2D eigenvalue weighted by molar-refractivity contribution is -0.123. The summed E-state index contributed by atoms with van der Waals surface area (Å²) in [4.78, 5) is 23.2. The van der Waals surface area contributed by atoms with E-state index in [0.717, 1.165) is 18.2 Å². The maximum atomic E-state index is 11.9. The van der Waals surface area contributed by atoms with Gasteiger partial charge in [0.25, 0.3) is 5.91 Å². The van der Waals surface area contributed by atoms with Crippen LogP contribution in [0.4, 0.5) is 0 Å². The largest absolute Gasteiger partial charge is 0.484 e. The molecule has 2 aromatic rings. The zero-order valence-electron chi connectivity index (χ0n) is 14.3. The van der Waals surface area contributed by atoms with Crippen molar-refractivity contribution in [2.45, 2.75) is 39.5 Å². The number of carbonyl (C=O) groups is 1. The maximum Gasteiger partial charge on any atom is 0.336 e. The molecule has 130 valence electrons. The van der Waals surface area contributed by atoms with Crippen LogP contribution in [0.1, 0.15) is 39.5 Å². The fourth-order valence-electron chi connectivity index (χ4n) is 2.53. The van der Waals surface area contributed by atoms with Crippen LogP contribution in [0.25, 0.3) is 11.0 Å². The minimum atomic E-state index is -0.407. The summed E-state index contributed by atoms with van der Waals surface area (Å²) in [7, 11) is 0. The van der Waals surface area contributed by atoms with E-state index < -0.39 is 5.63 Å². The van der Waals surface area contributed by atoms with Crippen LogP contribution in [0.2, 0.25) is 0 Å². The van der Waals surface area contributed by atoms with Gasteiger partial charge in [-0.1, -0.05) is 33.1 Å². The minimum Gasteiger partial charge on any atom is -0.484 e. The molecule has 0 aliphatic rings. The highest BCUT2D eigenvalue weighted by atomic mass is 16.5. The average molecular weight is 331 g/mol. The number of unbranched alkanes of at least 4 members (excludes halogenated alkanes) is 1. The first-order valence-electron chi connectivity index (χ1n) is 8.55. The summed E-state index contributed by atoms with van der Waals surface area (Å²) in [5.41, 5.74) is 0.0427. The molecule has 0 saturated carbocycles. The molecular formula is C19H25NO4. The molecule has 1 N–H and O–H groups in total. The number of hydrogen-bond acceptors (Lipinski definition) is 4. The van der Waals surface area contributed by atoms with Crippen molar-refractivity contribution in [3.05, 3.63) is 40.8 Å². The molecule has 5 nitrogen and oxygen atoms in total. The summed E-state index contributed by atoms with van der Waals surface area (Å²) in [5, 5.41) is 3.73. The third-order valence-corrected chi connectivity index (χ3v) is 4.10. The van der Waals surface area contributed by atoms with Gasteiger partial charge in [0.15, 0.2) is 6.61 Å². The third-order valence-electron chi connectivity index (χ3n) is 4.10. The molecule has 0 aliphatic heterocycles. The van der Waals surface area contributed by atoms with Gasteiger partial charge in [-0.2, -0.15) is 0 Å². The third kappa shape index (κ3) is 5.41. The predicted molar refractivity (Wildman–Crippen MR) is 94.3 cm³/mol. The monoisotopic (exact) mass is 331 g/mol. The topological polar surface area (TPSA) is 68.5 Å². The predicted octanol–water partition coefficient (Wildman–Crippen LogP) is 3.50. The van der Waals surface area contributed by atoms with Crippen LogP contribution in [0, 0.1) is 5.92 Å². The second-order valence-electron chi connectivity index (χ2n) is 5.96. The molecule has 1 amide bonds. The van der Waals surface area contributed by atoms with Crippen LogP contribution in [0.5, 0.6) is 5.75 Å². The number of ether oxygens (including phenoxy) is 1. The van der Waals surface area contributed by atoms with E-state index in [0.29, 0.717) is 23.8 Å². The first kappa shape index (κ1) is 18.0. The number of hydrogen-bond donors (Lipinski definition) is 1. The van der Waals surface area contributed by atoms with Crippen molar-refractivity contribution in [3.8, 4) is 5.75 Å². The summed E-state index contributed by atoms with van der Waals surface area (Å²) in [6.45, 7) is 4.95. The Kier molecular flexibility index (Phi) is 6.85. The smallest absolute Gasteiger partial charge is 0.336 e. The zero-order chi connectivity index (χ0) is 17.4. The number of benzene rings is 1. The van der Waals surface area contributed by atoms with E-state index in [1.165, 1.54) is 18.9 Å². The van der Waals surface area contributed by atoms with Crippen molar-refractivity contribution in [1.29, 1.82) is 0 Å². The Labute approximate surface area is 142 Å². The molecule has 24 heavy (non-hydrogen) atoms. The van der Waals surface area contributed by atoms with Gasteiger partial charge in [-0.3, -0.25) is 4.79 Å². The molecule has 1 heterocycles. The van der Waals surface area contributed by atoms with Crippen molar-refractivity contribution < 1.29 is 13.9 Å². The highest BCUT2D eigenvalue weighted by Gasteiger charge is 2.09. The van der Waals surface area contributed by atoms with Crippen LogP contribution in [-0.2, 0) is 4.79 Å². The van der Waals surface area contributed by atoms with E-state index in [-0.39, 0.29) is 12.5 Å². The molecule has 1 atom stereocenters. The molecule has 0 saturated heterocycles. The van der Waals surface area contributed by atoms with Gasteiger partial charge >= 0.3 is 5.63 Å². The van der Waals surface area contributed by atoms with Gasteiger partial charge in [0, 0.05) is 24.1 Å². The molecule has 1 aromatic carbocycles. The molecule has 0 spiro atoms. The number of fused-ring (bicyclic) bond motifs is 1. The SMILES string of the molecule is CCCCC(CC)CNC(=O)COc1ccc2ccc(=O)oc2c1. The van der Waals surface area contributed by atoms with E-state index >= 15 is 0 Å². The van der Waals surface area contributed by atoms with Gasteiger partial charge in [-0.25, -0.2) is 4.79 Å². The van der Waals surface area contributed by atoms with E-state index in [9.17, 15) is 9.59 Å². The Morgan fingerprint density at radius 2 is 2.04 bits per heavy atom. The molecule has 1 unspecified atom stereocenters. The molecule has 0 aliphatic carbocycles. The molecule has 1 aromatic heterocycles. The van der Waals surface area contributed by atoms with Crippen LogP contribution < -0.4 is 15.7 Å². The normalized spacial score (nSPS) is 12.1. The molecule has 2 rings (SSSR count). The van der Waals surface area contributed by atoms with Gasteiger partial charge in [-0.05, 0) is 30.5 Å². The standard InChI is InChI=1S/C19H25NO4/c1-3-5-6-14(4-2)12-20-18(21)13-23-16-9-7-15-8-10-19(22)24-17(15)11-16/h7-11,14H,3-6,12-13H2,1-2H3,(H,20,21). The fourth-order valence-corrected chi connectivity index (χ4v) is 2.53. The summed E-state index contributed by atoms with van der Waals surface area (Å²) < 4.78 is 10.6. The number of carbonyl (C=O) groups excluding carboxylic acids is 1. The summed E-state index contributed by atoms with van der Waals surface area (Å²) in [6, 6.07) is 8.24. The quantitative estimate of drug-likeness (QED) is 0.714. The maximum absolute atomic E-state index is 11.9.